The summed E-state index contributed by atoms with van der Waals surface area (Å²) in [7, 11) is 0. The number of alkyl halides is 1. The van der Waals surface area contributed by atoms with E-state index in [0.29, 0.717) is 5.88 Å². The highest BCUT2D eigenvalue weighted by Gasteiger charge is 2.29. The fraction of sp³-hybridized carbons (Fsp3) is 0.368. The van der Waals surface area contributed by atoms with Crippen molar-refractivity contribution < 1.29 is 0 Å². The lowest BCUT2D eigenvalue weighted by Gasteiger charge is -2.31. The van der Waals surface area contributed by atoms with Crippen LogP contribution in [-0.2, 0) is 18.3 Å². The quantitative estimate of drug-likeness (QED) is 0.626. The van der Waals surface area contributed by atoms with Crippen LogP contribution in [0.2, 0.25) is 0 Å². The summed E-state index contributed by atoms with van der Waals surface area (Å²) in [6.07, 6.45) is 3.14. The van der Waals surface area contributed by atoms with Gasteiger partial charge in [0.25, 0.3) is 0 Å². The lowest BCUT2D eigenvalue weighted by molar-refractivity contribution is 0.458. The SMILES string of the molecule is CCc1ccc(CC(CC)(CCl)c2ccccc2)cc1. The fourth-order valence-corrected chi connectivity index (χ4v) is 3.16. The van der Waals surface area contributed by atoms with Gasteiger partial charge in [-0.15, -0.1) is 11.6 Å². The number of benzene rings is 2. The summed E-state index contributed by atoms with van der Waals surface area (Å²) in [6, 6.07) is 19.6. The molecule has 0 aromatic heterocycles. The largest absolute Gasteiger partial charge is 0.126 e. The topological polar surface area (TPSA) is 0 Å². The molecule has 0 spiro atoms. The molecule has 1 heteroatoms. The van der Waals surface area contributed by atoms with Crippen molar-refractivity contribution in [3.63, 3.8) is 0 Å². The summed E-state index contributed by atoms with van der Waals surface area (Å²) in [4.78, 5) is 0. The van der Waals surface area contributed by atoms with Gasteiger partial charge in [-0.2, -0.15) is 0 Å². The van der Waals surface area contributed by atoms with Gasteiger partial charge in [-0.3, -0.25) is 0 Å². The van der Waals surface area contributed by atoms with Crippen LogP contribution in [-0.4, -0.2) is 5.88 Å². The van der Waals surface area contributed by atoms with Crippen LogP contribution < -0.4 is 0 Å². The summed E-state index contributed by atoms with van der Waals surface area (Å²) in [5.74, 6) is 0.656. The Morgan fingerprint density at radius 2 is 1.45 bits per heavy atom. The zero-order chi connectivity index (χ0) is 14.4. The third-order valence-electron chi connectivity index (χ3n) is 4.29. The highest BCUT2D eigenvalue weighted by atomic mass is 35.5. The molecule has 0 saturated heterocycles. The van der Waals surface area contributed by atoms with Crippen LogP contribution in [0.25, 0.3) is 0 Å². The van der Waals surface area contributed by atoms with Gasteiger partial charge in [0.1, 0.15) is 0 Å². The van der Waals surface area contributed by atoms with Crippen molar-refractivity contribution in [2.24, 2.45) is 0 Å². The van der Waals surface area contributed by atoms with Crippen LogP contribution >= 0.6 is 11.6 Å². The van der Waals surface area contributed by atoms with Crippen molar-refractivity contribution in [2.45, 2.75) is 38.5 Å². The minimum absolute atomic E-state index is 0.0382. The smallest absolute Gasteiger partial charge is 0.0323 e. The first kappa shape index (κ1) is 15.1. The Morgan fingerprint density at radius 3 is 1.95 bits per heavy atom. The number of hydrogen-bond donors (Lipinski definition) is 0. The van der Waals surface area contributed by atoms with Crippen LogP contribution in [0.4, 0.5) is 0 Å². The molecule has 0 saturated carbocycles. The molecule has 0 heterocycles. The molecule has 106 valence electrons. The Labute approximate surface area is 127 Å². The van der Waals surface area contributed by atoms with Gasteiger partial charge in [0.15, 0.2) is 0 Å². The lowest BCUT2D eigenvalue weighted by Crippen LogP contribution is -2.30. The highest BCUT2D eigenvalue weighted by molar-refractivity contribution is 6.18. The Balaban J connectivity index is 2.29. The van der Waals surface area contributed by atoms with Gasteiger partial charge >= 0.3 is 0 Å². The molecular weight excluding hydrogens is 264 g/mol. The van der Waals surface area contributed by atoms with Gasteiger partial charge in [-0.1, -0.05) is 68.4 Å². The molecule has 2 aromatic rings. The first-order valence-corrected chi connectivity index (χ1v) is 7.97. The molecule has 1 unspecified atom stereocenters. The predicted molar refractivity (Wildman–Crippen MR) is 88.7 cm³/mol. The number of halogens is 1. The van der Waals surface area contributed by atoms with Crippen molar-refractivity contribution in [2.75, 3.05) is 5.88 Å². The summed E-state index contributed by atoms with van der Waals surface area (Å²) < 4.78 is 0. The van der Waals surface area contributed by atoms with E-state index < -0.39 is 0 Å². The van der Waals surface area contributed by atoms with E-state index in [-0.39, 0.29) is 5.41 Å². The molecule has 0 aliphatic rings. The fourth-order valence-electron chi connectivity index (χ4n) is 2.73. The maximum Gasteiger partial charge on any atom is 0.0323 e. The monoisotopic (exact) mass is 286 g/mol. The molecule has 2 rings (SSSR count). The van der Waals surface area contributed by atoms with Gasteiger partial charge in [0, 0.05) is 11.3 Å². The molecule has 0 aliphatic heterocycles. The van der Waals surface area contributed by atoms with E-state index in [1.165, 1.54) is 16.7 Å². The molecular formula is C19H23Cl. The predicted octanol–water partition coefficient (Wildman–Crippen LogP) is 5.38. The molecule has 0 amide bonds. The van der Waals surface area contributed by atoms with E-state index >= 15 is 0 Å². The van der Waals surface area contributed by atoms with Gasteiger partial charge in [0.05, 0.1) is 0 Å². The molecule has 0 nitrogen and oxygen atoms in total. The van der Waals surface area contributed by atoms with E-state index in [1.54, 1.807) is 0 Å². The molecule has 20 heavy (non-hydrogen) atoms. The van der Waals surface area contributed by atoms with Crippen molar-refractivity contribution in [1.29, 1.82) is 0 Å². The summed E-state index contributed by atoms with van der Waals surface area (Å²) in [6.45, 7) is 4.42. The molecule has 0 bridgehead atoms. The van der Waals surface area contributed by atoms with E-state index in [2.05, 4.69) is 68.4 Å². The van der Waals surface area contributed by atoms with Gasteiger partial charge < -0.3 is 0 Å². The molecule has 0 N–H and O–H groups in total. The first-order valence-electron chi connectivity index (χ1n) is 7.43. The minimum atomic E-state index is 0.0382. The van der Waals surface area contributed by atoms with Crippen LogP contribution in [0.1, 0.15) is 37.0 Å². The maximum atomic E-state index is 6.37. The summed E-state index contributed by atoms with van der Waals surface area (Å²) >= 11 is 6.37. The number of rotatable bonds is 6. The minimum Gasteiger partial charge on any atom is -0.126 e. The van der Waals surface area contributed by atoms with Crippen molar-refractivity contribution in [3.8, 4) is 0 Å². The van der Waals surface area contributed by atoms with Crippen LogP contribution in [0.5, 0.6) is 0 Å². The second-order valence-electron chi connectivity index (χ2n) is 5.48. The standard InChI is InChI=1S/C19H23Cl/c1-3-16-10-12-17(13-11-16)14-19(4-2,15-20)18-8-6-5-7-9-18/h5-13H,3-4,14-15H2,1-2H3. The second-order valence-corrected chi connectivity index (χ2v) is 5.75. The van der Waals surface area contributed by atoms with Crippen molar-refractivity contribution in [1.82, 2.24) is 0 Å². The molecule has 0 radical (unpaired) electrons. The average molecular weight is 287 g/mol. The third kappa shape index (κ3) is 3.24. The Bertz CT molecular complexity index is 509. The highest BCUT2D eigenvalue weighted by Crippen LogP contribution is 2.33. The van der Waals surface area contributed by atoms with E-state index in [4.69, 9.17) is 11.6 Å². The van der Waals surface area contributed by atoms with Crippen LogP contribution in [0.15, 0.2) is 54.6 Å². The second kappa shape index (κ2) is 6.95. The van der Waals surface area contributed by atoms with Crippen molar-refractivity contribution >= 4 is 11.6 Å². The third-order valence-corrected chi connectivity index (χ3v) is 4.80. The molecule has 0 aliphatic carbocycles. The van der Waals surface area contributed by atoms with Gasteiger partial charge in [-0.25, -0.2) is 0 Å². The average Bonchev–Trinajstić information content (AvgIpc) is 2.54. The zero-order valence-electron chi connectivity index (χ0n) is 12.4. The van der Waals surface area contributed by atoms with E-state index in [1.807, 2.05) is 0 Å². The maximum absolute atomic E-state index is 6.37. The molecule has 2 aromatic carbocycles. The summed E-state index contributed by atoms with van der Waals surface area (Å²) in [5.41, 5.74) is 4.14. The van der Waals surface area contributed by atoms with Crippen LogP contribution in [0, 0.1) is 0 Å². The Morgan fingerprint density at radius 1 is 0.850 bits per heavy atom. The van der Waals surface area contributed by atoms with Gasteiger partial charge in [-0.05, 0) is 36.0 Å². The Kier molecular flexibility index (Phi) is 5.25. The normalized spacial score (nSPS) is 13.9. The lowest BCUT2D eigenvalue weighted by atomic mass is 9.75. The molecule has 0 fully saturated rings. The molecule has 1 atom stereocenters. The summed E-state index contributed by atoms with van der Waals surface area (Å²) in [5, 5.41) is 0. The van der Waals surface area contributed by atoms with E-state index in [0.717, 1.165) is 19.3 Å². The first-order chi connectivity index (χ1) is 9.74. The number of aryl methyl sites for hydroxylation is 1. The number of hydrogen-bond acceptors (Lipinski definition) is 0. The van der Waals surface area contributed by atoms with Gasteiger partial charge in [0.2, 0.25) is 0 Å². The van der Waals surface area contributed by atoms with Crippen molar-refractivity contribution in [3.05, 3.63) is 71.3 Å². The zero-order valence-corrected chi connectivity index (χ0v) is 13.2. The van der Waals surface area contributed by atoms with E-state index in [9.17, 15) is 0 Å². The Hall–Kier alpha value is -1.27. The van der Waals surface area contributed by atoms with Crippen LogP contribution in [0.3, 0.4) is 0 Å².